The highest BCUT2D eigenvalue weighted by atomic mass is 32.1. The number of hydrogen-bond acceptors (Lipinski definition) is 3. The van der Waals surface area contributed by atoms with E-state index >= 15 is 0 Å². The molecular formula is C17H25N3OS. The van der Waals surface area contributed by atoms with Crippen molar-refractivity contribution in [3.8, 4) is 0 Å². The number of rotatable bonds is 4. The quantitative estimate of drug-likeness (QED) is 0.857. The molecule has 2 fully saturated rings. The molecular weight excluding hydrogens is 294 g/mol. The summed E-state index contributed by atoms with van der Waals surface area (Å²) in [5.41, 5.74) is 1.37. The standard InChI is InChI=1S/C17H25N3OS/c22-17(18-8-10-19-11-13-21-14-12-19)20-9-4-7-16(20)15-5-2-1-3-6-15/h1-3,5-6,16H,4,7-14H2,(H,18,22)/t16-/m1/s1. The number of nitrogens with zero attached hydrogens (tertiary/aromatic N) is 2. The zero-order valence-electron chi connectivity index (χ0n) is 13.0. The van der Waals surface area contributed by atoms with Gasteiger partial charge in [-0.05, 0) is 30.6 Å². The summed E-state index contributed by atoms with van der Waals surface area (Å²) in [5.74, 6) is 0. The molecule has 2 saturated heterocycles. The zero-order chi connectivity index (χ0) is 15.2. The highest BCUT2D eigenvalue weighted by molar-refractivity contribution is 7.80. The summed E-state index contributed by atoms with van der Waals surface area (Å²) >= 11 is 5.63. The molecule has 5 heteroatoms. The third-order valence-electron chi connectivity index (χ3n) is 4.51. The predicted octanol–water partition coefficient (Wildman–Crippen LogP) is 2.03. The first-order valence-electron chi connectivity index (χ1n) is 8.24. The van der Waals surface area contributed by atoms with Crippen LogP contribution in [0.15, 0.2) is 30.3 Å². The Balaban J connectivity index is 1.48. The van der Waals surface area contributed by atoms with Crippen LogP contribution < -0.4 is 5.32 Å². The molecule has 2 aliphatic heterocycles. The SMILES string of the molecule is S=C(NCCN1CCOCC1)N1CCC[C@@H]1c1ccccc1. The monoisotopic (exact) mass is 319 g/mol. The highest BCUT2D eigenvalue weighted by Gasteiger charge is 2.27. The molecule has 0 aromatic heterocycles. The number of ether oxygens (including phenoxy) is 1. The molecule has 0 unspecified atom stereocenters. The lowest BCUT2D eigenvalue weighted by atomic mass is 10.1. The van der Waals surface area contributed by atoms with E-state index in [9.17, 15) is 0 Å². The van der Waals surface area contributed by atoms with E-state index < -0.39 is 0 Å². The van der Waals surface area contributed by atoms with Crippen LogP contribution in [0.4, 0.5) is 0 Å². The van der Waals surface area contributed by atoms with Crippen molar-refractivity contribution in [2.75, 3.05) is 45.9 Å². The van der Waals surface area contributed by atoms with Crippen LogP contribution in [0.2, 0.25) is 0 Å². The van der Waals surface area contributed by atoms with Crippen LogP contribution in [0.1, 0.15) is 24.4 Å². The van der Waals surface area contributed by atoms with E-state index in [1.165, 1.54) is 18.4 Å². The Bertz CT molecular complexity index is 476. The summed E-state index contributed by atoms with van der Waals surface area (Å²) in [6.45, 7) is 6.78. The van der Waals surface area contributed by atoms with Gasteiger partial charge in [0.25, 0.3) is 0 Å². The number of nitrogens with one attached hydrogen (secondary N) is 1. The van der Waals surface area contributed by atoms with Crippen molar-refractivity contribution >= 4 is 17.3 Å². The zero-order valence-corrected chi connectivity index (χ0v) is 13.9. The Hall–Kier alpha value is -1.17. The Morgan fingerprint density at radius 1 is 1.18 bits per heavy atom. The molecule has 0 aliphatic carbocycles. The summed E-state index contributed by atoms with van der Waals surface area (Å²) in [6, 6.07) is 11.1. The van der Waals surface area contributed by atoms with Crippen molar-refractivity contribution in [2.24, 2.45) is 0 Å². The molecule has 120 valence electrons. The normalized spacial score (nSPS) is 22.7. The molecule has 1 aromatic rings. The molecule has 0 saturated carbocycles. The molecule has 3 rings (SSSR count). The van der Waals surface area contributed by atoms with Crippen LogP contribution >= 0.6 is 12.2 Å². The first-order valence-corrected chi connectivity index (χ1v) is 8.65. The predicted molar refractivity (Wildman–Crippen MR) is 93.0 cm³/mol. The van der Waals surface area contributed by atoms with Crippen LogP contribution in [0.25, 0.3) is 0 Å². The number of likely N-dealkylation sites (tertiary alicyclic amines) is 1. The van der Waals surface area contributed by atoms with Gasteiger partial charge in [-0.2, -0.15) is 0 Å². The summed E-state index contributed by atoms with van der Waals surface area (Å²) < 4.78 is 5.38. The molecule has 0 amide bonds. The smallest absolute Gasteiger partial charge is 0.169 e. The third kappa shape index (κ3) is 3.97. The second kappa shape index (κ2) is 7.90. The lowest BCUT2D eigenvalue weighted by Gasteiger charge is -2.30. The molecule has 2 heterocycles. The Labute approximate surface area is 138 Å². The lowest BCUT2D eigenvalue weighted by Crippen LogP contribution is -2.44. The third-order valence-corrected chi connectivity index (χ3v) is 4.88. The van der Waals surface area contributed by atoms with Crippen molar-refractivity contribution in [2.45, 2.75) is 18.9 Å². The average Bonchev–Trinajstić information content (AvgIpc) is 3.06. The minimum Gasteiger partial charge on any atom is -0.379 e. The van der Waals surface area contributed by atoms with E-state index in [-0.39, 0.29) is 0 Å². The van der Waals surface area contributed by atoms with Crippen molar-refractivity contribution in [3.63, 3.8) is 0 Å². The Morgan fingerprint density at radius 3 is 2.73 bits per heavy atom. The van der Waals surface area contributed by atoms with Crippen LogP contribution in [0, 0.1) is 0 Å². The first-order chi connectivity index (χ1) is 10.8. The van der Waals surface area contributed by atoms with E-state index in [4.69, 9.17) is 17.0 Å². The van der Waals surface area contributed by atoms with Crippen LogP contribution in [0.3, 0.4) is 0 Å². The topological polar surface area (TPSA) is 27.7 Å². The van der Waals surface area contributed by atoms with Gasteiger partial charge in [-0.15, -0.1) is 0 Å². The van der Waals surface area contributed by atoms with Crippen LogP contribution in [-0.2, 0) is 4.74 Å². The molecule has 1 aromatic carbocycles. The minimum absolute atomic E-state index is 0.435. The maximum atomic E-state index is 5.63. The van der Waals surface area contributed by atoms with Gasteiger partial charge in [-0.25, -0.2) is 0 Å². The van der Waals surface area contributed by atoms with E-state index in [0.29, 0.717) is 6.04 Å². The van der Waals surface area contributed by atoms with Crippen molar-refractivity contribution in [3.05, 3.63) is 35.9 Å². The molecule has 0 spiro atoms. The highest BCUT2D eigenvalue weighted by Crippen LogP contribution is 2.31. The molecule has 22 heavy (non-hydrogen) atoms. The van der Waals surface area contributed by atoms with Gasteiger partial charge in [0.2, 0.25) is 0 Å². The summed E-state index contributed by atoms with van der Waals surface area (Å²) in [5, 5.41) is 4.35. The molecule has 4 nitrogen and oxygen atoms in total. The largest absolute Gasteiger partial charge is 0.379 e. The maximum absolute atomic E-state index is 5.63. The Kier molecular flexibility index (Phi) is 5.64. The average molecular weight is 319 g/mol. The van der Waals surface area contributed by atoms with Crippen LogP contribution in [0.5, 0.6) is 0 Å². The van der Waals surface area contributed by atoms with Gasteiger partial charge in [0, 0.05) is 32.7 Å². The van der Waals surface area contributed by atoms with Gasteiger partial charge in [0.05, 0.1) is 19.3 Å². The van der Waals surface area contributed by atoms with E-state index in [1.807, 2.05) is 0 Å². The van der Waals surface area contributed by atoms with Gasteiger partial charge in [-0.1, -0.05) is 30.3 Å². The first kappa shape index (κ1) is 15.7. The van der Waals surface area contributed by atoms with Gasteiger partial charge in [0.15, 0.2) is 5.11 Å². The summed E-state index contributed by atoms with van der Waals surface area (Å²) in [7, 11) is 0. The van der Waals surface area contributed by atoms with E-state index in [2.05, 4.69) is 45.4 Å². The number of morpholine rings is 1. The fraction of sp³-hybridized carbons (Fsp3) is 0.588. The molecule has 0 bridgehead atoms. The van der Waals surface area contributed by atoms with Crippen molar-refractivity contribution in [1.29, 1.82) is 0 Å². The lowest BCUT2D eigenvalue weighted by molar-refractivity contribution is 0.0388. The van der Waals surface area contributed by atoms with Crippen LogP contribution in [-0.4, -0.2) is 60.8 Å². The summed E-state index contributed by atoms with van der Waals surface area (Å²) in [6.07, 6.45) is 2.40. The van der Waals surface area contributed by atoms with E-state index in [1.54, 1.807) is 0 Å². The van der Waals surface area contributed by atoms with Crippen molar-refractivity contribution in [1.82, 2.24) is 15.1 Å². The maximum Gasteiger partial charge on any atom is 0.169 e. The van der Waals surface area contributed by atoms with Gasteiger partial charge >= 0.3 is 0 Å². The fourth-order valence-electron chi connectivity index (χ4n) is 3.28. The number of thiocarbonyl (C=S) groups is 1. The number of benzene rings is 1. The van der Waals surface area contributed by atoms with Gasteiger partial charge in [-0.3, -0.25) is 4.90 Å². The molecule has 1 atom stereocenters. The minimum atomic E-state index is 0.435. The molecule has 0 radical (unpaired) electrons. The van der Waals surface area contributed by atoms with Gasteiger partial charge in [0.1, 0.15) is 0 Å². The molecule has 1 N–H and O–H groups in total. The fourth-order valence-corrected chi connectivity index (χ4v) is 3.60. The van der Waals surface area contributed by atoms with E-state index in [0.717, 1.165) is 51.0 Å². The van der Waals surface area contributed by atoms with Crippen molar-refractivity contribution < 1.29 is 4.74 Å². The van der Waals surface area contributed by atoms with Gasteiger partial charge < -0.3 is 15.0 Å². The second-order valence-electron chi connectivity index (χ2n) is 5.95. The molecule has 2 aliphatic rings. The second-order valence-corrected chi connectivity index (χ2v) is 6.33. The number of hydrogen-bond donors (Lipinski definition) is 1. The summed E-state index contributed by atoms with van der Waals surface area (Å²) in [4.78, 5) is 4.78. The Morgan fingerprint density at radius 2 is 1.95 bits per heavy atom.